The number of hydrogen-bond acceptors (Lipinski definition) is 6. The first kappa shape index (κ1) is 21.9. The number of nitrogens with one attached hydrogen (secondary N) is 1. The summed E-state index contributed by atoms with van der Waals surface area (Å²) in [7, 11) is 0. The van der Waals surface area contributed by atoms with Crippen molar-refractivity contribution in [2.75, 3.05) is 13.2 Å². The molecule has 3 rings (SSSR count). The van der Waals surface area contributed by atoms with Crippen LogP contribution in [0, 0.1) is 17.2 Å². The van der Waals surface area contributed by atoms with Crippen LogP contribution in [0.5, 0.6) is 5.75 Å². The van der Waals surface area contributed by atoms with Crippen LogP contribution in [0.1, 0.15) is 57.7 Å². The van der Waals surface area contributed by atoms with Crippen molar-refractivity contribution in [3.8, 4) is 11.8 Å². The van der Waals surface area contributed by atoms with E-state index in [1.807, 2.05) is 13.8 Å². The molecule has 1 aromatic rings. The molecular formula is C22H29N3O5. The van der Waals surface area contributed by atoms with E-state index < -0.39 is 29.9 Å². The van der Waals surface area contributed by atoms with Gasteiger partial charge in [-0.05, 0) is 50.8 Å². The number of aliphatic hydroxyl groups excluding tert-OH is 1. The summed E-state index contributed by atoms with van der Waals surface area (Å²) in [5.74, 6) is 0.354. The molecule has 162 valence electrons. The lowest BCUT2D eigenvalue weighted by Gasteiger charge is -2.42. The summed E-state index contributed by atoms with van der Waals surface area (Å²) in [6.07, 6.45) is -0.311. The number of ether oxygens (including phenoxy) is 2. The lowest BCUT2D eigenvalue weighted by atomic mass is 9.85. The molecule has 2 aliphatic heterocycles. The van der Waals surface area contributed by atoms with Crippen molar-refractivity contribution in [1.82, 2.24) is 10.2 Å². The number of nitriles is 1. The molecule has 0 spiro atoms. The van der Waals surface area contributed by atoms with Crippen molar-refractivity contribution in [2.45, 2.75) is 64.3 Å². The van der Waals surface area contributed by atoms with E-state index in [-0.39, 0.29) is 11.8 Å². The van der Waals surface area contributed by atoms with E-state index in [0.717, 1.165) is 0 Å². The van der Waals surface area contributed by atoms with Gasteiger partial charge in [0.1, 0.15) is 23.5 Å². The fourth-order valence-corrected chi connectivity index (χ4v) is 3.85. The molecule has 2 heterocycles. The van der Waals surface area contributed by atoms with Crippen LogP contribution in [0.25, 0.3) is 0 Å². The summed E-state index contributed by atoms with van der Waals surface area (Å²) in [4.78, 5) is 27.0. The minimum Gasteiger partial charge on any atom is -0.485 e. The Labute approximate surface area is 176 Å². The second kappa shape index (κ2) is 8.52. The van der Waals surface area contributed by atoms with Gasteiger partial charge in [0.05, 0.1) is 24.3 Å². The largest absolute Gasteiger partial charge is 0.485 e. The molecule has 3 atom stereocenters. The van der Waals surface area contributed by atoms with Crippen molar-refractivity contribution >= 4 is 12.0 Å². The fraction of sp³-hybridized carbons (Fsp3) is 0.591. The van der Waals surface area contributed by atoms with Gasteiger partial charge in [-0.3, -0.25) is 9.69 Å². The van der Waals surface area contributed by atoms with Gasteiger partial charge in [-0.1, -0.05) is 13.8 Å². The van der Waals surface area contributed by atoms with E-state index in [1.165, 1.54) is 4.90 Å². The molecule has 0 saturated carbocycles. The Bertz CT molecular complexity index is 861. The summed E-state index contributed by atoms with van der Waals surface area (Å²) in [5, 5.41) is 23.0. The Kier molecular flexibility index (Phi) is 6.22. The molecule has 0 bridgehead atoms. The molecule has 30 heavy (non-hydrogen) atoms. The van der Waals surface area contributed by atoms with Gasteiger partial charge in [0.15, 0.2) is 0 Å². The van der Waals surface area contributed by atoms with Crippen molar-refractivity contribution in [1.29, 1.82) is 5.26 Å². The highest BCUT2D eigenvalue weighted by atomic mass is 16.6. The highest BCUT2D eigenvalue weighted by molar-refractivity contribution is 5.86. The van der Waals surface area contributed by atoms with Gasteiger partial charge in [0, 0.05) is 12.1 Å². The van der Waals surface area contributed by atoms with Crippen LogP contribution in [0.15, 0.2) is 18.2 Å². The summed E-state index contributed by atoms with van der Waals surface area (Å²) >= 11 is 0. The van der Waals surface area contributed by atoms with E-state index in [9.17, 15) is 20.0 Å². The second-order valence-corrected chi connectivity index (χ2v) is 8.82. The van der Waals surface area contributed by atoms with E-state index in [1.54, 1.807) is 32.0 Å². The van der Waals surface area contributed by atoms with Gasteiger partial charge in [0.25, 0.3) is 0 Å². The molecule has 1 aromatic carbocycles. The maximum Gasteiger partial charge on any atom is 0.410 e. The molecule has 0 aliphatic carbocycles. The molecular weight excluding hydrogens is 386 g/mol. The first-order valence-corrected chi connectivity index (χ1v) is 10.3. The van der Waals surface area contributed by atoms with Crippen molar-refractivity contribution in [2.24, 2.45) is 5.92 Å². The van der Waals surface area contributed by atoms with Crippen LogP contribution >= 0.6 is 0 Å². The Morgan fingerprint density at radius 1 is 1.43 bits per heavy atom. The lowest BCUT2D eigenvalue weighted by molar-refractivity contribution is -0.129. The summed E-state index contributed by atoms with van der Waals surface area (Å²) in [6, 6.07) is 5.56. The minimum absolute atomic E-state index is 0.203. The molecule has 2 aliphatic rings. The lowest BCUT2D eigenvalue weighted by Crippen LogP contribution is -2.56. The number of aliphatic hydroxyl groups is 1. The Hall–Kier alpha value is -2.79. The second-order valence-electron chi connectivity index (χ2n) is 8.82. The van der Waals surface area contributed by atoms with Crippen LogP contribution < -0.4 is 10.1 Å². The SMILES string of the molecule is CC(C)COC(=O)N1CCC[C@H]1C(=O)N[C@@H]1c2cc(C#N)ccc2OC(C)(C)[C@H]1O. The Morgan fingerprint density at radius 3 is 2.83 bits per heavy atom. The normalized spacial score (nSPS) is 24.6. The predicted molar refractivity (Wildman–Crippen MR) is 109 cm³/mol. The summed E-state index contributed by atoms with van der Waals surface area (Å²) < 4.78 is 11.2. The molecule has 8 nitrogen and oxygen atoms in total. The maximum absolute atomic E-state index is 13.1. The molecule has 8 heteroatoms. The number of nitrogens with zero attached hydrogens (tertiary/aromatic N) is 2. The smallest absolute Gasteiger partial charge is 0.410 e. The van der Waals surface area contributed by atoms with Crippen LogP contribution in [0.3, 0.4) is 0 Å². The summed E-state index contributed by atoms with van der Waals surface area (Å²) in [5.41, 5.74) is 0.00872. The van der Waals surface area contributed by atoms with Gasteiger partial charge in [0.2, 0.25) is 5.91 Å². The molecule has 0 unspecified atom stereocenters. The number of carbonyl (C=O) groups is 2. The number of hydrogen-bond donors (Lipinski definition) is 2. The van der Waals surface area contributed by atoms with Gasteiger partial charge in [-0.2, -0.15) is 5.26 Å². The first-order valence-electron chi connectivity index (χ1n) is 10.3. The zero-order valence-corrected chi connectivity index (χ0v) is 17.8. The number of rotatable bonds is 4. The fourth-order valence-electron chi connectivity index (χ4n) is 3.85. The van der Waals surface area contributed by atoms with E-state index in [0.29, 0.717) is 42.9 Å². The van der Waals surface area contributed by atoms with E-state index in [4.69, 9.17) is 9.47 Å². The number of amides is 2. The third-order valence-corrected chi connectivity index (χ3v) is 5.50. The highest BCUT2D eigenvalue weighted by Gasteiger charge is 2.45. The average Bonchev–Trinajstić information content (AvgIpc) is 3.19. The van der Waals surface area contributed by atoms with Crippen molar-refractivity contribution in [3.05, 3.63) is 29.3 Å². The molecule has 0 radical (unpaired) electrons. The van der Waals surface area contributed by atoms with Gasteiger partial charge < -0.3 is 19.9 Å². The van der Waals surface area contributed by atoms with Crippen molar-refractivity contribution in [3.63, 3.8) is 0 Å². The molecule has 2 amide bonds. The van der Waals surface area contributed by atoms with Crippen molar-refractivity contribution < 1.29 is 24.2 Å². The standard InChI is InChI=1S/C22H29N3O5/c1-13(2)12-29-21(28)25-9-5-6-16(25)20(27)24-18-15-10-14(11-23)7-8-17(15)30-22(3,4)19(18)26/h7-8,10,13,16,18-19,26H,5-6,9,12H2,1-4H3,(H,24,27)/t16-,18+,19-/m0/s1. The number of fused-ring (bicyclic) bond motifs is 1. The van der Waals surface area contributed by atoms with Gasteiger partial charge in [-0.15, -0.1) is 0 Å². The molecule has 2 N–H and O–H groups in total. The molecule has 1 fully saturated rings. The Balaban J connectivity index is 1.81. The zero-order valence-electron chi connectivity index (χ0n) is 17.8. The minimum atomic E-state index is -1.04. The number of carbonyl (C=O) groups excluding carboxylic acids is 2. The quantitative estimate of drug-likeness (QED) is 0.781. The average molecular weight is 415 g/mol. The molecule has 0 aromatic heterocycles. The number of likely N-dealkylation sites (tertiary alicyclic amines) is 1. The van der Waals surface area contributed by atoms with Crippen LogP contribution in [0.2, 0.25) is 0 Å². The van der Waals surface area contributed by atoms with Crippen LogP contribution in [-0.4, -0.2) is 52.9 Å². The third kappa shape index (κ3) is 4.36. The number of benzene rings is 1. The zero-order chi connectivity index (χ0) is 22.1. The molecule has 1 saturated heterocycles. The first-order chi connectivity index (χ1) is 14.1. The van der Waals surface area contributed by atoms with Gasteiger partial charge >= 0.3 is 6.09 Å². The van der Waals surface area contributed by atoms with Crippen LogP contribution in [0.4, 0.5) is 4.79 Å². The summed E-state index contributed by atoms with van der Waals surface area (Å²) in [6.45, 7) is 8.12. The Morgan fingerprint density at radius 2 is 2.17 bits per heavy atom. The topological polar surface area (TPSA) is 112 Å². The van der Waals surface area contributed by atoms with Gasteiger partial charge in [-0.25, -0.2) is 4.79 Å². The maximum atomic E-state index is 13.1. The highest BCUT2D eigenvalue weighted by Crippen LogP contribution is 2.40. The monoisotopic (exact) mass is 415 g/mol. The van der Waals surface area contributed by atoms with E-state index >= 15 is 0 Å². The van der Waals surface area contributed by atoms with Crippen LogP contribution in [-0.2, 0) is 9.53 Å². The van der Waals surface area contributed by atoms with E-state index in [2.05, 4.69) is 11.4 Å². The third-order valence-electron chi connectivity index (χ3n) is 5.50. The predicted octanol–water partition coefficient (Wildman–Crippen LogP) is 2.50.